The molecule has 21 heavy (non-hydrogen) atoms. The van der Waals surface area contributed by atoms with Gasteiger partial charge in [-0.25, -0.2) is 0 Å². The van der Waals surface area contributed by atoms with E-state index in [-0.39, 0.29) is 17.7 Å². The Morgan fingerprint density at radius 2 is 2.05 bits per heavy atom. The van der Waals surface area contributed by atoms with E-state index >= 15 is 0 Å². The topological polar surface area (TPSA) is 96.5 Å². The Hall–Kier alpha value is -1.92. The van der Waals surface area contributed by atoms with Crippen molar-refractivity contribution < 1.29 is 19.2 Å². The van der Waals surface area contributed by atoms with Crippen LogP contribution in [0.3, 0.4) is 0 Å². The standard InChI is InChI=1S/C14H19N3O4/c1-8-15-12(21-16-8)9-3-2-6-17(7-9)13(18)10-4-5-11(10)14(19)20/h9-11H,2-7H2,1H3,(H,19,20). The second-order valence-corrected chi connectivity index (χ2v) is 5.93. The molecule has 0 aromatic carbocycles. The number of hydrogen-bond acceptors (Lipinski definition) is 5. The molecule has 1 aliphatic carbocycles. The van der Waals surface area contributed by atoms with Gasteiger partial charge in [-0.3, -0.25) is 9.59 Å². The molecule has 1 aromatic rings. The van der Waals surface area contributed by atoms with Crippen molar-refractivity contribution in [3.05, 3.63) is 11.7 Å². The molecule has 1 amide bonds. The molecule has 0 bridgehead atoms. The molecule has 2 aliphatic rings. The Morgan fingerprint density at radius 3 is 2.62 bits per heavy atom. The summed E-state index contributed by atoms with van der Waals surface area (Å²) < 4.78 is 5.20. The predicted octanol–water partition coefficient (Wildman–Crippen LogP) is 1.19. The van der Waals surface area contributed by atoms with E-state index in [1.807, 2.05) is 0 Å². The van der Waals surface area contributed by atoms with Crippen LogP contribution in [0.4, 0.5) is 0 Å². The number of aromatic nitrogens is 2. The van der Waals surface area contributed by atoms with Crippen LogP contribution in [0.5, 0.6) is 0 Å². The van der Waals surface area contributed by atoms with E-state index in [4.69, 9.17) is 9.63 Å². The molecular formula is C14H19N3O4. The summed E-state index contributed by atoms with van der Waals surface area (Å²) in [7, 11) is 0. The molecule has 1 aromatic heterocycles. The first-order valence-corrected chi connectivity index (χ1v) is 7.38. The monoisotopic (exact) mass is 293 g/mol. The van der Waals surface area contributed by atoms with Crippen LogP contribution >= 0.6 is 0 Å². The van der Waals surface area contributed by atoms with Crippen LogP contribution in [0.25, 0.3) is 0 Å². The van der Waals surface area contributed by atoms with Gasteiger partial charge in [-0.15, -0.1) is 0 Å². The average Bonchev–Trinajstić information content (AvgIpc) is 2.83. The van der Waals surface area contributed by atoms with Crippen LogP contribution in [-0.2, 0) is 9.59 Å². The van der Waals surface area contributed by atoms with Crippen molar-refractivity contribution in [1.82, 2.24) is 15.0 Å². The largest absolute Gasteiger partial charge is 0.481 e. The van der Waals surface area contributed by atoms with E-state index < -0.39 is 11.9 Å². The molecule has 2 heterocycles. The first kappa shape index (κ1) is 14.0. The van der Waals surface area contributed by atoms with Gasteiger partial charge in [-0.2, -0.15) is 4.98 Å². The number of hydrogen-bond donors (Lipinski definition) is 1. The molecule has 1 saturated heterocycles. The maximum absolute atomic E-state index is 12.5. The van der Waals surface area contributed by atoms with Crippen molar-refractivity contribution in [1.29, 1.82) is 0 Å². The molecule has 1 saturated carbocycles. The number of carbonyl (C=O) groups is 2. The highest BCUT2D eigenvalue weighted by molar-refractivity contribution is 5.86. The zero-order valence-corrected chi connectivity index (χ0v) is 12.0. The van der Waals surface area contributed by atoms with E-state index in [0.717, 1.165) is 12.8 Å². The molecule has 3 atom stereocenters. The zero-order chi connectivity index (χ0) is 15.0. The first-order valence-electron chi connectivity index (χ1n) is 7.38. The molecular weight excluding hydrogens is 274 g/mol. The number of amides is 1. The zero-order valence-electron chi connectivity index (χ0n) is 12.0. The lowest BCUT2D eigenvalue weighted by Crippen LogP contribution is -2.48. The fourth-order valence-electron chi connectivity index (χ4n) is 3.18. The van der Waals surface area contributed by atoms with Crippen LogP contribution in [0.1, 0.15) is 43.3 Å². The summed E-state index contributed by atoms with van der Waals surface area (Å²) in [6, 6.07) is 0. The van der Waals surface area contributed by atoms with Gasteiger partial charge in [-0.1, -0.05) is 5.16 Å². The number of nitrogens with zero attached hydrogens (tertiary/aromatic N) is 3. The Labute approximate surface area is 122 Å². The molecule has 3 unspecified atom stereocenters. The van der Waals surface area contributed by atoms with Crippen molar-refractivity contribution >= 4 is 11.9 Å². The van der Waals surface area contributed by atoms with Gasteiger partial charge in [0, 0.05) is 13.1 Å². The maximum atomic E-state index is 12.5. The third-order valence-corrected chi connectivity index (χ3v) is 4.53. The van der Waals surface area contributed by atoms with Crippen LogP contribution in [-0.4, -0.2) is 45.1 Å². The van der Waals surface area contributed by atoms with E-state index in [9.17, 15) is 9.59 Å². The third-order valence-electron chi connectivity index (χ3n) is 4.53. The van der Waals surface area contributed by atoms with Crippen LogP contribution in [0, 0.1) is 18.8 Å². The van der Waals surface area contributed by atoms with E-state index in [1.54, 1.807) is 11.8 Å². The molecule has 7 nitrogen and oxygen atoms in total. The minimum absolute atomic E-state index is 0.0328. The Morgan fingerprint density at radius 1 is 1.29 bits per heavy atom. The fraction of sp³-hybridized carbons (Fsp3) is 0.714. The quantitative estimate of drug-likeness (QED) is 0.899. The van der Waals surface area contributed by atoms with Crippen molar-refractivity contribution in [3.63, 3.8) is 0 Å². The van der Waals surface area contributed by atoms with Gasteiger partial charge in [0.1, 0.15) is 0 Å². The highest BCUT2D eigenvalue weighted by Crippen LogP contribution is 2.37. The normalized spacial score (nSPS) is 29.0. The van der Waals surface area contributed by atoms with Gasteiger partial charge in [0.05, 0.1) is 17.8 Å². The number of aryl methyl sites for hydroxylation is 1. The summed E-state index contributed by atoms with van der Waals surface area (Å²) in [6.07, 6.45) is 3.07. The van der Waals surface area contributed by atoms with Gasteiger partial charge < -0.3 is 14.5 Å². The summed E-state index contributed by atoms with van der Waals surface area (Å²) >= 11 is 0. The summed E-state index contributed by atoms with van der Waals surface area (Å²) in [5, 5.41) is 12.9. The Balaban J connectivity index is 1.66. The van der Waals surface area contributed by atoms with E-state index in [1.165, 1.54) is 0 Å². The molecule has 1 aliphatic heterocycles. The van der Waals surface area contributed by atoms with Crippen LogP contribution in [0.2, 0.25) is 0 Å². The van der Waals surface area contributed by atoms with Gasteiger partial charge in [-0.05, 0) is 32.6 Å². The highest BCUT2D eigenvalue weighted by atomic mass is 16.5. The van der Waals surface area contributed by atoms with Crippen LogP contribution < -0.4 is 0 Å². The molecule has 2 fully saturated rings. The summed E-state index contributed by atoms with van der Waals surface area (Å²) in [6.45, 7) is 3.00. The second kappa shape index (κ2) is 5.46. The lowest BCUT2D eigenvalue weighted by Gasteiger charge is -2.39. The van der Waals surface area contributed by atoms with Gasteiger partial charge in [0.15, 0.2) is 5.82 Å². The summed E-state index contributed by atoms with van der Waals surface area (Å²) in [5.41, 5.74) is 0. The molecule has 1 N–H and O–H groups in total. The Kier molecular flexibility index (Phi) is 3.65. The van der Waals surface area contributed by atoms with E-state index in [2.05, 4.69) is 10.1 Å². The SMILES string of the molecule is Cc1noc(C2CCCN(C(=O)C3CCC3C(=O)O)C2)n1. The number of likely N-dealkylation sites (tertiary alicyclic amines) is 1. The number of carbonyl (C=O) groups excluding carboxylic acids is 1. The third kappa shape index (κ3) is 2.64. The maximum Gasteiger partial charge on any atom is 0.307 e. The second-order valence-electron chi connectivity index (χ2n) is 5.93. The molecule has 3 rings (SSSR count). The lowest BCUT2D eigenvalue weighted by molar-refractivity contribution is -0.157. The van der Waals surface area contributed by atoms with Crippen molar-refractivity contribution in [2.75, 3.05) is 13.1 Å². The van der Waals surface area contributed by atoms with Gasteiger partial charge >= 0.3 is 5.97 Å². The number of aliphatic carboxylic acids is 1. The average molecular weight is 293 g/mol. The first-order chi connectivity index (χ1) is 10.1. The van der Waals surface area contributed by atoms with Gasteiger partial charge in [0.25, 0.3) is 0 Å². The summed E-state index contributed by atoms with van der Waals surface area (Å²) in [5.74, 6) is -0.525. The number of piperidine rings is 1. The molecule has 0 radical (unpaired) electrons. The number of rotatable bonds is 3. The number of carboxylic acids is 1. The lowest BCUT2D eigenvalue weighted by atomic mass is 9.72. The molecule has 0 spiro atoms. The van der Waals surface area contributed by atoms with Crippen molar-refractivity contribution in [2.45, 2.75) is 38.5 Å². The Bertz CT molecular complexity index is 556. The number of carboxylic acid groups (broad SMARTS) is 1. The van der Waals surface area contributed by atoms with Crippen molar-refractivity contribution in [3.8, 4) is 0 Å². The minimum Gasteiger partial charge on any atom is -0.481 e. The molecule has 114 valence electrons. The fourth-order valence-corrected chi connectivity index (χ4v) is 3.18. The predicted molar refractivity (Wildman–Crippen MR) is 71.4 cm³/mol. The minimum atomic E-state index is -0.860. The summed E-state index contributed by atoms with van der Waals surface area (Å²) in [4.78, 5) is 29.5. The molecule has 7 heteroatoms. The van der Waals surface area contributed by atoms with E-state index in [0.29, 0.717) is 37.6 Å². The van der Waals surface area contributed by atoms with Crippen LogP contribution in [0.15, 0.2) is 4.52 Å². The smallest absolute Gasteiger partial charge is 0.307 e. The van der Waals surface area contributed by atoms with Crippen molar-refractivity contribution in [2.24, 2.45) is 11.8 Å². The van der Waals surface area contributed by atoms with Gasteiger partial charge in [0.2, 0.25) is 11.8 Å². The highest BCUT2D eigenvalue weighted by Gasteiger charge is 2.44.